The Kier molecular flexibility index (Phi) is 7.65. The third kappa shape index (κ3) is 5.74. The number of non-ortho nitro benzene ring substituents is 1. The zero-order chi connectivity index (χ0) is 28.3. The molecular weight excluding hydrogens is 564 g/mol. The van der Waals surface area contributed by atoms with Crippen LogP contribution in [0.2, 0.25) is 0 Å². The summed E-state index contributed by atoms with van der Waals surface area (Å²) in [6.45, 7) is 1.23. The van der Waals surface area contributed by atoms with Gasteiger partial charge in [0, 0.05) is 36.2 Å². The Balaban J connectivity index is 1.53. The van der Waals surface area contributed by atoms with Gasteiger partial charge in [-0.25, -0.2) is 18.1 Å². The number of furan rings is 1. The highest BCUT2D eigenvalue weighted by molar-refractivity contribution is 7.89. The van der Waals surface area contributed by atoms with Crippen molar-refractivity contribution in [2.24, 2.45) is 10.1 Å². The van der Waals surface area contributed by atoms with Crippen molar-refractivity contribution >= 4 is 44.8 Å². The van der Waals surface area contributed by atoms with Crippen LogP contribution in [0.15, 0.2) is 85.5 Å². The molecule has 40 heavy (non-hydrogen) atoms. The quantitative estimate of drug-likeness (QED) is 0.171. The first-order valence-corrected chi connectivity index (χ1v) is 14.0. The number of nitrogens with zero attached hydrogens (tertiary/aromatic N) is 6. The number of benzene rings is 2. The number of thiazole rings is 1. The zero-order valence-electron chi connectivity index (χ0n) is 20.5. The molecule has 1 aliphatic rings. The summed E-state index contributed by atoms with van der Waals surface area (Å²) < 4.78 is 39.0. The van der Waals surface area contributed by atoms with Gasteiger partial charge in [-0.3, -0.25) is 20.2 Å². The van der Waals surface area contributed by atoms with Gasteiger partial charge in [-0.05, 0) is 30.3 Å². The SMILES string of the molecule is O=[N+]([O-])c1cccc(-c2csc(=Nc3ccc(S(=O)(=O)N4CCOCC4)cc3)n2N=Cc2ccc([N+](=O)[O-])o2)c1. The Morgan fingerprint density at radius 3 is 2.40 bits per heavy atom. The van der Waals surface area contributed by atoms with Crippen molar-refractivity contribution < 1.29 is 27.4 Å². The van der Waals surface area contributed by atoms with E-state index in [0.717, 1.165) is 0 Å². The molecule has 0 atom stereocenters. The maximum Gasteiger partial charge on any atom is 0.433 e. The van der Waals surface area contributed by atoms with Gasteiger partial charge in [0.2, 0.25) is 14.8 Å². The van der Waals surface area contributed by atoms with Crippen LogP contribution in [-0.4, -0.2) is 59.8 Å². The molecule has 0 bridgehead atoms. The molecular formula is C24H20N6O8S2. The minimum Gasteiger partial charge on any atom is -0.400 e. The van der Waals surface area contributed by atoms with Crippen molar-refractivity contribution in [2.45, 2.75) is 4.90 Å². The lowest BCUT2D eigenvalue weighted by atomic mass is 10.1. The second-order valence-corrected chi connectivity index (χ2v) is 11.1. The monoisotopic (exact) mass is 584 g/mol. The summed E-state index contributed by atoms with van der Waals surface area (Å²) in [5.74, 6) is -0.341. The Morgan fingerprint density at radius 1 is 0.975 bits per heavy atom. The van der Waals surface area contributed by atoms with Crippen molar-refractivity contribution in [1.29, 1.82) is 0 Å². The van der Waals surface area contributed by atoms with Gasteiger partial charge in [0.25, 0.3) is 5.69 Å². The van der Waals surface area contributed by atoms with Crippen molar-refractivity contribution in [2.75, 3.05) is 26.3 Å². The number of nitro groups is 2. The van der Waals surface area contributed by atoms with E-state index in [1.165, 1.54) is 62.9 Å². The first-order chi connectivity index (χ1) is 19.2. The van der Waals surface area contributed by atoms with Gasteiger partial charge in [0.15, 0.2) is 5.76 Å². The highest BCUT2D eigenvalue weighted by Gasteiger charge is 2.26. The molecule has 206 valence electrons. The van der Waals surface area contributed by atoms with Gasteiger partial charge in [0.1, 0.15) is 4.92 Å². The second kappa shape index (κ2) is 11.3. The second-order valence-electron chi connectivity index (χ2n) is 8.32. The largest absolute Gasteiger partial charge is 0.433 e. The molecule has 0 radical (unpaired) electrons. The molecule has 4 aromatic rings. The van der Waals surface area contributed by atoms with Gasteiger partial charge in [-0.2, -0.15) is 9.41 Å². The molecule has 3 heterocycles. The van der Waals surface area contributed by atoms with Crippen LogP contribution < -0.4 is 4.80 Å². The maximum atomic E-state index is 12.9. The fourth-order valence-corrected chi connectivity index (χ4v) is 6.09. The van der Waals surface area contributed by atoms with E-state index in [-0.39, 0.29) is 29.4 Å². The lowest BCUT2D eigenvalue weighted by molar-refractivity contribution is -0.402. The molecule has 2 aromatic carbocycles. The normalized spacial score (nSPS) is 15.1. The van der Waals surface area contributed by atoms with Gasteiger partial charge >= 0.3 is 5.88 Å². The van der Waals surface area contributed by atoms with Crippen LogP contribution in [0, 0.1) is 20.2 Å². The molecule has 14 nitrogen and oxygen atoms in total. The molecule has 1 fully saturated rings. The minimum absolute atomic E-state index is 0.110. The summed E-state index contributed by atoms with van der Waals surface area (Å²) >= 11 is 1.19. The number of hydrogen-bond donors (Lipinski definition) is 0. The number of aromatic nitrogens is 1. The Labute approximate surface area is 230 Å². The lowest BCUT2D eigenvalue weighted by Crippen LogP contribution is -2.40. The van der Waals surface area contributed by atoms with Crippen LogP contribution >= 0.6 is 11.3 Å². The Hall–Kier alpha value is -4.51. The number of sulfonamides is 1. The van der Waals surface area contributed by atoms with E-state index in [9.17, 15) is 28.6 Å². The summed E-state index contributed by atoms with van der Waals surface area (Å²) in [5.41, 5.74) is 1.28. The zero-order valence-corrected chi connectivity index (χ0v) is 22.2. The minimum atomic E-state index is -3.67. The van der Waals surface area contributed by atoms with Crippen molar-refractivity contribution in [3.05, 3.63) is 96.8 Å². The van der Waals surface area contributed by atoms with E-state index in [0.29, 0.717) is 35.0 Å². The summed E-state index contributed by atoms with van der Waals surface area (Å²) in [6, 6.07) is 14.6. The standard InChI is InChI=1S/C24H20N6O8S2/c31-29(32)19-3-1-2-17(14-19)22-16-39-24(28(22)25-15-20-6-9-23(38-20)30(33)34)26-18-4-7-21(8-5-18)40(35,36)27-10-12-37-13-11-27/h1-9,14-16H,10-13H2. The molecule has 0 spiro atoms. The molecule has 5 rings (SSSR count). The van der Waals surface area contributed by atoms with E-state index in [2.05, 4.69) is 10.1 Å². The molecule has 0 aliphatic carbocycles. The predicted molar refractivity (Wildman–Crippen MR) is 144 cm³/mol. The van der Waals surface area contributed by atoms with Crippen LogP contribution in [0.5, 0.6) is 0 Å². The van der Waals surface area contributed by atoms with Crippen molar-refractivity contribution in [3.8, 4) is 11.3 Å². The number of rotatable bonds is 8. The average molecular weight is 585 g/mol. The van der Waals surface area contributed by atoms with E-state index in [1.807, 2.05) is 0 Å². The summed E-state index contributed by atoms with van der Waals surface area (Å²) in [4.78, 5) is 26.2. The Morgan fingerprint density at radius 2 is 1.73 bits per heavy atom. The topological polar surface area (TPSA) is 176 Å². The third-order valence-corrected chi connectivity index (χ3v) is 8.53. The number of ether oxygens (including phenoxy) is 1. The van der Waals surface area contributed by atoms with Crippen LogP contribution in [0.1, 0.15) is 5.76 Å². The molecule has 0 unspecified atom stereocenters. The fourth-order valence-electron chi connectivity index (χ4n) is 3.83. The van der Waals surface area contributed by atoms with Crippen molar-refractivity contribution in [1.82, 2.24) is 8.98 Å². The molecule has 2 aromatic heterocycles. The maximum absolute atomic E-state index is 12.9. The summed E-state index contributed by atoms with van der Waals surface area (Å²) in [7, 11) is -3.67. The summed E-state index contributed by atoms with van der Waals surface area (Å²) in [6.07, 6.45) is 1.26. The molecule has 1 aliphatic heterocycles. The van der Waals surface area contributed by atoms with E-state index < -0.39 is 25.8 Å². The van der Waals surface area contributed by atoms with Crippen LogP contribution in [0.3, 0.4) is 0 Å². The molecule has 0 amide bonds. The summed E-state index contributed by atoms with van der Waals surface area (Å²) in [5, 5.41) is 28.4. The van der Waals surface area contributed by atoms with Crippen LogP contribution in [-0.2, 0) is 14.8 Å². The third-order valence-electron chi connectivity index (χ3n) is 5.80. The number of morpholine rings is 1. The predicted octanol–water partition coefficient (Wildman–Crippen LogP) is 3.76. The highest BCUT2D eigenvalue weighted by Crippen LogP contribution is 2.26. The van der Waals surface area contributed by atoms with Gasteiger partial charge in [-0.15, -0.1) is 11.3 Å². The van der Waals surface area contributed by atoms with Gasteiger partial charge in [-0.1, -0.05) is 12.1 Å². The molecule has 1 saturated heterocycles. The van der Waals surface area contributed by atoms with E-state index >= 15 is 0 Å². The molecule has 16 heteroatoms. The first-order valence-electron chi connectivity index (χ1n) is 11.7. The molecule has 0 saturated carbocycles. The van der Waals surface area contributed by atoms with E-state index in [4.69, 9.17) is 9.15 Å². The highest BCUT2D eigenvalue weighted by atomic mass is 32.2. The number of nitro benzene ring substituents is 1. The first kappa shape index (κ1) is 27.1. The van der Waals surface area contributed by atoms with Gasteiger partial charge < -0.3 is 9.15 Å². The molecule has 0 N–H and O–H groups in total. The fraction of sp³-hybridized carbons (Fsp3) is 0.167. The Bertz CT molecular complexity index is 1770. The van der Waals surface area contributed by atoms with Crippen LogP contribution in [0.25, 0.3) is 11.3 Å². The van der Waals surface area contributed by atoms with E-state index in [1.54, 1.807) is 29.6 Å². The van der Waals surface area contributed by atoms with Crippen LogP contribution in [0.4, 0.5) is 17.3 Å². The smallest absolute Gasteiger partial charge is 0.400 e. The van der Waals surface area contributed by atoms with Crippen molar-refractivity contribution in [3.63, 3.8) is 0 Å². The van der Waals surface area contributed by atoms with Gasteiger partial charge in [0.05, 0.1) is 46.7 Å². The lowest BCUT2D eigenvalue weighted by Gasteiger charge is -2.26. The average Bonchev–Trinajstić information content (AvgIpc) is 3.60. The number of hydrogen-bond acceptors (Lipinski definition) is 11.